The van der Waals surface area contributed by atoms with Gasteiger partial charge in [-0.3, -0.25) is 0 Å². The molecule has 2 rings (SSSR count). The van der Waals surface area contributed by atoms with Crippen LogP contribution in [0.2, 0.25) is 5.15 Å². The number of aromatic nitrogens is 1. The predicted molar refractivity (Wildman–Crippen MR) is 53.8 cm³/mol. The van der Waals surface area contributed by atoms with E-state index in [-0.39, 0.29) is 17.0 Å². The molecule has 1 aromatic rings. The molecule has 2 nitrogen and oxygen atoms in total. The Kier molecular flexibility index (Phi) is 2.99. The van der Waals surface area contributed by atoms with Crippen molar-refractivity contribution in [2.45, 2.75) is 25.3 Å². The lowest BCUT2D eigenvalue weighted by atomic mass is 9.98. The van der Waals surface area contributed by atoms with Crippen molar-refractivity contribution in [3.8, 4) is 0 Å². The summed E-state index contributed by atoms with van der Waals surface area (Å²) in [4.78, 5) is 3.70. The molecule has 1 fully saturated rings. The molecule has 1 atom stereocenters. The van der Waals surface area contributed by atoms with Gasteiger partial charge in [-0.1, -0.05) is 18.0 Å². The molecule has 76 valence electrons. The summed E-state index contributed by atoms with van der Waals surface area (Å²) in [6.07, 6.45) is 4.82. The molecule has 1 aliphatic rings. The van der Waals surface area contributed by atoms with E-state index < -0.39 is 0 Å². The first-order valence-electron chi connectivity index (χ1n) is 4.82. The smallest absolute Gasteiger partial charge is 0.165 e. The maximum atomic E-state index is 13.6. The molecule has 0 amide bonds. The Morgan fingerprint density at radius 3 is 3.07 bits per heavy atom. The van der Waals surface area contributed by atoms with Crippen molar-refractivity contribution in [3.63, 3.8) is 0 Å². The summed E-state index contributed by atoms with van der Waals surface area (Å²) in [6, 6.07) is 1.80. The minimum atomic E-state index is -0.381. The van der Waals surface area contributed by atoms with Crippen LogP contribution in [-0.4, -0.2) is 11.5 Å². The average Bonchev–Trinajstić information content (AvgIpc) is 2.23. The molecule has 0 spiro atoms. The van der Waals surface area contributed by atoms with Gasteiger partial charge in [-0.2, -0.15) is 0 Å². The van der Waals surface area contributed by atoms with Gasteiger partial charge in [-0.15, -0.1) is 0 Å². The fraction of sp³-hybridized carbons (Fsp3) is 0.500. The van der Waals surface area contributed by atoms with Crippen LogP contribution in [0.3, 0.4) is 0 Å². The first kappa shape index (κ1) is 9.87. The Hall–Kier alpha value is -0.670. The van der Waals surface area contributed by atoms with E-state index >= 15 is 0 Å². The van der Waals surface area contributed by atoms with Gasteiger partial charge >= 0.3 is 0 Å². The molecule has 0 aliphatic carbocycles. The average molecular weight is 215 g/mol. The Morgan fingerprint density at radius 1 is 1.50 bits per heavy atom. The van der Waals surface area contributed by atoms with Gasteiger partial charge in [0.25, 0.3) is 0 Å². The third kappa shape index (κ3) is 1.88. The third-order valence-corrected chi connectivity index (χ3v) is 2.83. The molecule has 0 aromatic carbocycles. The van der Waals surface area contributed by atoms with E-state index in [4.69, 9.17) is 11.6 Å². The third-order valence-electron chi connectivity index (χ3n) is 2.56. The largest absolute Gasteiger partial charge is 0.310 e. The lowest BCUT2D eigenvalue weighted by Gasteiger charge is -2.24. The highest BCUT2D eigenvalue weighted by atomic mass is 35.5. The van der Waals surface area contributed by atoms with Crippen LogP contribution >= 0.6 is 11.6 Å². The van der Waals surface area contributed by atoms with Gasteiger partial charge in [0.05, 0.1) is 0 Å². The number of piperidine rings is 1. The Labute approximate surface area is 87.5 Å². The Balaban J connectivity index is 2.26. The standard InChI is InChI=1S/C10H12ClFN2/c11-10-9(12)7(4-6-14-10)8-3-1-2-5-13-8/h4,6,8,13H,1-3,5H2. The second-order valence-corrected chi connectivity index (χ2v) is 3.87. The fourth-order valence-electron chi connectivity index (χ4n) is 1.82. The number of rotatable bonds is 1. The number of nitrogens with zero attached hydrogens (tertiary/aromatic N) is 1. The second-order valence-electron chi connectivity index (χ2n) is 3.51. The zero-order chi connectivity index (χ0) is 9.97. The number of pyridine rings is 1. The Morgan fingerprint density at radius 2 is 2.36 bits per heavy atom. The molecule has 1 aromatic heterocycles. The topological polar surface area (TPSA) is 24.9 Å². The van der Waals surface area contributed by atoms with Crippen molar-refractivity contribution in [1.29, 1.82) is 0 Å². The highest BCUT2D eigenvalue weighted by Gasteiger charge is 2.19. The number of hydrogen-bond donors (Lipinski definition) is 1. The first-order chi connectivity index (χ1) is 6.79. The highest BCUT2D eigenvalue weighted by Crippen LogP contribution is 2.27. The van der Waals surface area contributed by atoms with Crippen molar-refractivity contribution >= 4 is 11.6 Å². The second kappa shape index (κ2) is 4.24. The number of nitrogens with one attached hydrogen (secondary N) is 1. The van der Waals surface area contributed by atoms with Crippen LogP contribution in [0.1, 0.15) is 30.9 Å². The summed E-state index contributed by atoms with van der Waals surface area (Å²) in [5, 5.41) is 3.24. The summed E-state index contributed by atoms with van der Waals surface area (Å²) >= 11 is 5.62. The number of halogens is 2. The van der Waals surface area contributed by atoms with E-state index in [2.05, 4.69) is 10.3 Å². The van der Waals surface area contributed by atoms with Gasteiger partial charge < -0.3 is 5.32 Å². The van der Waals surface area contributed by atoms with E-state index in [0.717, 1.165) is 25.8 Å². The zero-order valence-electron chi connectivity index (χ0n) is 7.76. The van der Waals surface area contributed by atoms with E-state index in [9.17, 15) is 4.39 Å². The zero-order valence-corrected chi connectivity index (χ0v) is 8.52. The van der Waals surface area contributed by atoms with Crippen LogP contribution in [0.25, 0.3) is 0 Å². The summed E-state index contributed by atoms with van der Waals surface area (Å²) in [5.74, 6) is -0.381. The van der Waals surface area contributed by atoms with Crippen LogP contribution < -0.4 is 5.32 Å². The molecular formula is C10H12ClFN2. The van der Waals surface area contributed by atoms with E-state index in [0.29, 0.717) is 5.56 Å². The summed E-state index contributed by atoms with van der Waals surface area (Å²) in [7, 11) is 0. The van der Waals surface area contributed by atoms with E-state index in [1.165, 1.54) is 0 Å². The fourth-order valence-corrected chi connectivity index (χ4v) is 1.98. The van der Waals surface area contributed by atoms with Crippen LogP contribution in [0, 0.1) is 5.82 Å². The molecule has 0 radical (unpaired) electrons. The monoisotopic (exact) mass is 214 g/mol. The van der Waals surface area contributed by atoms with Crippen molar-refractivity contribution in [3.05, 3.63) is 28.8 Å². The van der Waals surface area contributed by atoms with Crippen LogP contribution in [-0.2, 0) is 0 Å². The quantitative estimate of drug-likeness (QED) is 0.728. The summed E-state index contributed by atoms with van der Waals surface area (Å²) in [6.45, 7) is 0.948. The molecule has 0 bridgehead atoms. The lowest BCUT2D eigenvalue weighted by Crippen LogP contribution is -2.27. The van der Waals surface area contributed by atoms with Crippen molar-refractivity contribution < 1.29 is 4.39 Å². The molecular weight excluding hydrogens is 203 g/mol. The molecule has 1 N–H and O–H groups in total. The van der Waals surface area contributed by atoms with Gasteiger partial charge in [0.2, 0.25) is 0 Å². The highest BCUT2D eigenvalue weighted by molar-refractivity contribution is 6.29. The van der Waals surface area contributed by atoms with Crippen LogP contribution in [0.15, 0.2) is 12.3 Å². The number of hydrogen-bond acceptors (Lipinski definition) is 2. The molecule has 1 unspecified atom stereocenters. The van der Waals surface area contributed by atoms with Gasteiger partial charge in [0.15, 0.2) is 11.0 Å². The van der Waals surface area contributed by atoms with Crippen LogP contribution in [0.4, 0.5) is 4.39 Å². The minimum absolute atomic E-state index is 0.0325. The SMILES string of the molecule is Fc1c(C2CCCCN2)ccnc1Cl. The molecule has 14 heavy (non-hydrogen) atoms. The maximum absolute atomic E-state index is 13.6. The minimum Gasteiger partial charge on any atom is -0.310 e. The van der Waals surface area contributed by atoms with Crippen molar-refractivity contribution in [1.82, 2.24) is 10.3 Å². The van der Waals surface area contributed by atoms with E-state index in [1.807, 2.05) is 0 Å². The van der Waals surface area contributed by atoms with Gasteiger partial charge in [0, 0.05) is 17.8 Å². The van der Waals surface area contributed by atoms with Gasteiger partial charge in [-0.05, 0) is 25.5 Å². The predicted octanol–water partition coefficient (Wildman–Crippen LogP) is 2.69. The van der Waals surface area contributed by atoms with Crippen LogP contribution in [0.5, 0.6) is 0 Å². The molecule has 4 heteroatoms. The molecule has 1 aliphatic heterocycles. The molecule has 1 saturated heterocycles. The summed E-state index contributed by atoms with van der Waals surface area (Å²) in [5.41, 5.74) is 0.643. The Bertz CT molecular complexity index is 324. The van der Waals surface area contributed by atoms with E-state index in [1.54, 1.807) is 12.3 Å². The summed E-state index contributed by atoms with van der Waals surface area (Å²) < 4.78 is 13.6. The molecule has 0 saturated carbocycles. The normalized spacial score (nSPS) is 22.3. The van der Waals surface area contributed by atoms with Gasteiger partial charge in [-0.25, -0.2) is 9.37 Å². The lowest BCUT2D eigenvalue weighted by molar-refractivity contribution is 0.399. The maximum Gasteiger partial charge on any atom is 0.165 e. The van der Waals surface area contributed by atoms with Crippen molar-refractivity contribution in [2.75, 3.05) is 6.54 Å². The van der Waals surface area contributed by atoms with Gasteiger partial charge in [0.1, 0.15) is 0 Å². The first-order valence-corrected chi connectivity index (χ1v) is 5.20. The molecule has 2 heterocycles. The van der Waals surface area contributed by atoms with Crippen molar-refractivity contribution in [2.24, 2.45) is 0 Å².